The van der Waals surface area contributed by atoms with Gasteiger partial charge in [-0.25, -0.2) is 0 Å². The van der Waals surface area contributed by atoms with Gasteiger partial charge in [-0.3, -0.25) is 0 Å². The van der Waals surface area contributed by atoms with Gasteiger partial charge < -0.3 is 15.7 Å². The lowest BCUT2D eigenvalue weighted by atomic mass is 9.95. The molecular weight excluding hydrogens is 248 g/mol. The molecule has 0 amide bonds. The van der Waals surface area contributed by atoms with Crippen LogP contribution in [-0.4, -0.2) is 26.3 Å². The molecule has 0 aliphatic heterocycles. The van der Waals surface area contributed by atoms with Crippen molar-refractivity contribution in [3.05, 3.63) is 47.5 Å². The Hall–Kier alpha value is -2.00. The molecule has 0 saturated heterocycles. The molecular formula is C17H24N2O. The van der Waals surface area contributed by atoms with E-state index in [4.69, 9.17) is 10.8 Å². The van der Waals surface area contributed by atoms with Gasteiger partial charge in [0, 0.05) is 32.6 Å². The number of aliphatic hydroxyl groups is 1. The molecule has 3 nitrogen and oxygen atoms in total. The highest BCUT2D eigenvalue weighted by Gasteiger charge is 2.09. The average Bonchev–Trinajstić information content (AvgIpc) is 2.45. The van der Waals surface area contributed by atoms with Gasteiger partial charge in [0.2, 0.25) is 0 Å². The van der Waals surface area contributed by atoms with Crippen molar-refractivity contribution in [1.82, 2.24) is 0 Å². The molecule has 0 radical (unpaired) electrons. The van der Waals surface area contributed by atoms with Gasteiger partial charge in [0.1, 0.15) is 0 Å². The summed E-state index contributed by atoms with van der Waals surface area (Å²) in [6.45, 7) is 4.35. The lowest BCUT2D eigenvalue weighted by molar-refractivity contribution is 0.399. The van der Waals surface area contributed by atoms with Crippen molar-refractivity contribution < 1.29 is 5.11 Å². The fourth-order valence-corrected chi connectivity index (χ4v) is 2.27. The predicted molar refractivity (Wildman–Crippen MR) is 88.2 cm³/mol. The molecule has 2 rings (SSSR count). The third-order valence-electron chi connectivity index (χ3n) is 3.46. The Bertz CT molecular complexity index is 560. The quantitative estimate of drug-likeness (QED) is 0.825. The molecule has 2 aromatic carbocycles. The summed E-state index contributed by atoms with van der Waals surface area (Å²) in [5.41, 5.74) is 13.0. The predicted octanol–water partition coefficient (Wildman–Crippen LogP) is 3.23. The monoisotopic (exact) mass is 272 g/mol. The van der Waals surface area contributed by atoms with Crippen molar-refractivity contribution in [3.63, 3.8) is 0 Å². The van der Waals surface area contributed by atoms with E-state index in [2.05, 4.69) is 57.1 Å². The number of hydrogen-bond acceptors (Lipinski definition) is 3. The number of rotatable bonds is 2. The topological polar surface area (TPSA) is 49.5 Å². The molecule has 0 aliphatic carbocycles. The van der Waals surface area contributed by atoms with Crippen LogP contribution in [0.5, 0.6) is 0 Å². The molecule has 0 aliphatic rings. The molecule has 108 valence electrons. The van der Waals surface area contributed by atoms with Crippen LogP contribution in [0.25, 0.3) is 11.1 Å². The molecule has 2 aromatic rings. The summed E-state index contributed by atoms with van der Waals surface area (Å²) >= 11 is 0. The maximum atomic E-state index is 7.00. The number of hydrogen-bond donors (Lipinski definition) is 2. The number of benzene rings is 2. The fourth-order valence-electron chi connectivity index (χ4n) is 2.27. The van der Waals surface area contributed by atoms with E-state index in [0.29, 0.717) is 0 Å². The molecule has 0 unspecified atom stereocenters. The van der Waals surface area contributed by atoms with Crippen molar-refractivity contribution in [2.75, 3.05) is 31.8 Å². The van der Waals surface area contributed by atoms with Gasteiger partial charge in [0.05, 0.1) is 0 Å². The van der Waals surface area contributed by atoms with Crippen LogP contribution in [0.15, 0.2) is 36.4 Å². The van der Waals surface area contributed by atoms with E-state index in [1.807, 2.05) is 12.1 Å². The summed E-state index contributed by atoms with van der Waals surface area (Å²) in [4.78, 5) is 2.15. The number of aliphatic hydroxyl groups excluding tert-OH is 1. The Morgan fingerprint density at radius 1 is 0.850 bits per heavy atom. The van der Waals surface area contributed by atoms with Crippen LogP contribution in [0.2, 0.25) is 0 Å². The van der Waals surface area contributed by atoms with Gasteiger partial charge in [0.25, 0.3) is 0 Å². The summed E-state index contributed by atoms with van der Waals surface area (Å²) in [7, 11) is 5.15. The normalized spacial score (nSPS) is 9.70. The van der Waals surface area contributed by atoms with Crippen molar-refractivity contribution in [3.8, 4) is 11.1 Å². The van der Waals surface area contributed by atoms with Crippen LogP contribution < -0.4 is 10.6 Å². The molecule has 0 saturated carbocycles. The number of nitrogen functional groups attached to an aromatic ring is 1. The maximum absolute atomic E-state index is 7.00. The Labute approximate surface area is 121 Å². The maximum Gasteiger partial charge on any atom is 0.0393 e. The van der Waals surface area contributed by atoms with Crippen LogP contribution >= 0.6 is 0 Å². The van der Waals surface area contributed by atoms with Crippen LogP contribution in [0.1, 0.15) is 11.1 Å². The highest BCUT2D eigenvalue weighted by atomic mass is 16.2. The van der Waals surface area contributed by atoms with E-state index in [1.165, 1.54) is 27.9 Å². The smallest absolute Gasteiger partial charge is 0.0393 e. The Balaban J connectivity index is 0.000000956. The lowest BCUT2D eigenvalue weighted by Gasteiger charge is -2.19. The van der Waals surface area contributed by atoms with Crippen LogP contribution in [0, 0.1) is 13.8 Å². The van der Waals surface area contributed by atoms with Crippen molar-refractivity contribution in [2.24, 2.45) is 0 Å². The molecule has 3 heteroatoms. The molecule has 3 N–H and O–H groups in total. The van der Waals surface area contributed by atoms with Crippen LogP contribution in [0.3, 0.4) is 0 Å². The third-order valence-corrected chi connectivity index (χ3v) is 3.46. The molecule has 0 atom stereocenters. The summed E-state index contributed by atoms with van der Waals surface area (Å²) in [6.07, 6.45) is 0. The van der Waals surface area contributed by atoms with E-state index in [-0.39, 0.29) is 0 Å². The van der Waals surface area contributed by atoms with Gasteiger partial charge >= 0.3 is 0 Å². The molecule has 0 fully saturated rings. The van der Waals surface area contributed by atoms with Crippen molar-refractivity contribution >= 4 is 11.4 Å². The van der Waals surface area contributed by atoms with E-state index >= 15 is 0 Å². The zero-order chi connectivity index (χ0) is 15.3. The Kier molecular flexibility index (Phi) is 5.59. The summed E-state index contributed by atoms with van der Waals surface area (Å²) in [5, 5.41) is 7.00. The SMILES string of the molecule is CO.Cc1c(-c2ccc(N)cc2)ccc(N(C)C)c1C. The number of nitrogens with zero attached hydrogens (tertiary/aromatic N) is 1. The second kappa shape index (κ2) is 6.96. The third kappa shape index (κ3) is 3.31. The van der Waals surface area contributed by atoms with Crippen LogP contribution in [-0.2, 0) is 0 Å². The minimum atomic E-state index is 0.804. The van der Waals surface area contributed by atoms with E-state index in [1.54, 1.807) is 0 Å². The van der Waals surface area contributed by atoms with Crippen molar-refractivity contribution in [1.29, 1.82) is 0 Å². The summed E-state index contributed by atoms with van der Waals surface area (Å²) in [6, 6.07) is 12.4. The van der Waals surface area contributed by atoms with Gasteiger partial charge in [-0.2, -0.15) is 0 Å². The second-order valence-electron chi connectivity index (χ2n) is 4.90. The number of nitrogens with two attached hydrogens (primary N) is 1. The first kappa shape index (κ1) is 16.1. The van der Waals surface area contributed by atoms with E-state index in [0.717, 1.165) is 12.8 Å². The average molecular weight is 272 g/mol. The van der Waals surface area contributed by atoms with E-state index < -0.39 is 0 Å². The molecule has 0 heterocycles. The standard InChI is InChI=1S/C16H20N2.CH4O/c1-11-12(2)16(18(3)4)10-9-15(11)13-5-7-14(17)8-6-13;1-2/h5-10H,17H2,1-4H3;2H,1H3. The molecule has 20 heavy (non-hydrogen) atoms. The highest BCUT2D eigenvalue weighted by Crippen LogP contribution is 2.31. The fraction of sp³-hybridized carbons (Fsp3) is 0.294. The van der Waals surface area contributed by atoms with Gasteiger partial charge in [0.15, 0.2) is 0 Å². The van der Waals surface area contributed by atoms with Crippen LogP contribution in [0.4, 0.5) is 11.4 Å². The lowest BCUT2D eigenvalue weighted by Crippen LogP contribution is -2.11. The van der Waals surface area contributed by atoms with E-state index in [9.17, 15) is 0 Å². The minimum Gasteiger partial charge on any atom is -0.400 e. The largest absolute Gasteiger partial charge is 0.400 e. The second-order valence-corrected chi connectivity index (χ2v) is 4.90. The Morgan fingerprint density at radius 2 is 1.40 bits per heavy atom. The first-order valence-electron chi connectivity index (χ1n) is 6.59. The number of anilines is 2. The first-order valence-corrected chi connectivity index (χ1v) is 6.59. The van der Waals surface area contributed by atoms with Gasteiger partial charge in [-0.1, -0.05) is 18.2 Å². The molecule has 0 bridgehead atoms. The first-order chi connectivity index (χ1) is 9.50. The zero-order valence-electron chi connectivity index (χ0n) is 12.9. The highest BCUT2D eigenvalue weighted by molar-refractivity contribution is 5.74. The van der Waals surface area contributed by atoms with Crippen molar-refractivity contribution in [2.45, 2.75) is 13.8 Å². The van der Waals surface area contributed by atoms with Gasteiger partial charge in [-0.05, 0) is 54.3 Å². The summed E-state index contributed by atoms with van der Waals surface area (Å²) in [5.74, 6) is 0. The summed E-state index contributed by atoms with van der Waals surface area (Å²) < 4.78 is 0. The minimum absolute atomic E-state index is 0.804. The zero-order valence-corrected chi connectivity index (χ0v) is 12.9. The molecule has 0 aromatic heterocycles. The Morgan fingerprint density at radius 3 is 1.90 bits per heavy atom. The van der Waals surface area contributed by atoms with Gasteiger partial charge in [-0.15, -0.1) is 0 Å². The molecule has 0 spiro atoms.